The summed E-state index contributed by atoms with van der Waals surface area (Å²) in [6.45, 7) is 0. The number of carboxylic acids is 4. The summed E-state index contributed by atoms with van der Waals surface area (Å²) in [5.41, 5.74) is 0. The third kappa shape index (κ3) is 52.6. The first-order chi connectivity index (χ1) is 6.29. The van der Waals surface area contributed by atoms with Crippen LogP contribution in [0.15, 0.2) is 0 Å². The molecule has 0 amide bonds. The van der Waals surface area contributed by atoms with Gasteiger partial charge in [0.15, 0.2) is 11.9 Å². The van der Waals surface area contributed by atoms with E-state index in [-0.39, 0.29) is 114 Å². The number of aliphatic carboxylic acids is 4. The molecule has 0 fully saturated rings. The molecule has 0 aliphatic carbocycles. The van der Waals surface area contributed by atoms with Gasteiger partial charge in [-0.2, -0.15) is 0 Å². The van der Waals surface area contributed by atoms with E-state index in [2.05, 4.69) is 0 Å². The molecule has 6 N–H and O–H groups in total. The maximum absolute atomic E-state index is 9.04. The van der Waals surface area contributed by atoms with Crippen LogP contribution in [0.1, 0.15) is 0 Å². The van der Waals surface area contributed by atoms with Gasteiger partial charge in [-0.3, -0.25) is 0 Å². The summed E-state index contributed by atoms with van der Waals surface area (Å²) in [7, 11) is 0. The van der Waals surface area contributed by atoms with Crippen molar-refractivity contribution < 1.29 is 177 Å². The Morgan fingerprint density at radius 1 is 0.722 bits per heavy atom. The van der Waals surface area contributed by atoms with Gasteiger partial charge in [0, 0.05) is 0 Å². The van der Waals surface area contributed by atoms with Crippen LogP contribution in [0, 0.1) is 0 Å². The van der Waals surface area contributed by atoms with Gasteiger partial charge in [0.1, 0.15) is 0 Å². The fraction of sp³-hybridized carbons (Fsp3) is 0. The van der Waals surface area contributed by atoms with Gasteiger partial charge in [-0.1, -0.05) is 0 Å². The average molecular weight is 356 g/mol. The molecule has 0 saturated carbocycles. The van der Waals surface area contributed by atoms with Crippen LogP contribution in [0.4, 0.5) is 0 Å². The Bertz CT molecular complexity index is 195. The van der Waals surface area contributed by atoms with Crippen molar-refractivity contribution in [1.82, 2.24) is 0 Å². The van der Waals surface area contributed by atoms with Crippen LogP contribution < -0.4 is 113 Å². The molecule has 0 radical (unpaired) electrons. The van der Waals surface area contributed by atoms with Crippen LogP contribution in [0.25, 0.3) is 0 Å². The first kappa shape index (κ1) is 42.7. The SMILES string of the molecule is O.O.O=C([O-])C(=O)O.O=C([O-])C(=O)O.[K+].[K+].[O]=[Ti]. The molecule has 0 aromatic rings. The predicted molar refractivity (Wildman–Crippen MR) is 33.2 cm³/mol. The predicted octanol–water partition coefficient (Wildman–Crippen LogP) is -12.1. The van der Waals surface area contributed by atoms with Crippen molar-refractivity contribution in [2.24, 2.45) is 0 Å². The molecule has 0 saturated heterocycles. The summed E-state index contributed by atoms with van der Waals surface area (Å²) in [6.07, 6.45) is 0. The first-order valence-corrected chi connectivity index (χ1v) is 3.01. The van der Waals surface area contributed by atoms with E-state index in [1.165, 1.54) is 0 Å². The van der Waals surface area contributed by atoms with E-state index in [4.69, 9.17) is 42.9 Å². The third-order valence-electron chi connectivity index (χ3n) is 0.349. The van der Waals surface area contributed by atoms with Gasteiger partial charge in [0.25, 0.3) is 0 Å². The Kier molecular flexibility index (Phi) is 73.9. The number of carbonyl (C=O) groups excluding carboxylic acids is 2. The number of hydrogen-bond donors (Lipinski definition) is 2. The van der Waals surface area contributed by atoms with E-state index >= 15 is 0 Å². The molecule has 0 rings (SSSR count). The molecule has 0 aromatic heterocycles. The zero-order chi connectivity index (χ0) is 12.3. The van der Waals surface area contributed by atoms with Gasteiger partial charge in [0.05, 0.1) is 0 Å². The average Bonchev–Trinajstić information content (AvgIpc) is 2.08. The molecule has 18 heavy (non-hydrogen) atoms. The number of carbonyl (C=O) groups is 4. The molecule has 14 heteroatoms. The molecule has 0 bridgehead atoms. The molecule has 0 unspecified atom stereocenters. The fourth-order valence-electron chi connectivity index (χ4n) is 0. The van der Waals surface area contributed by atoms with Crippen molar-refractivity contribution in [1.29, 1.82) is 0 Å². The zero-order valence-electron chi connectivity index (χ0n) is 9.25. The van der Waals surface area contributed by atoms with E-state index in [0.29, 0.717) is 0 Å². The van der Waals surface area contributed by atoms with Crippen molar-refractivity contribution in [3.8, 4) is 0 Å². The summed E-state index contributed by atoms with van der Waals surface area (Å²) < 4.78 is 8.25. The maximum atomic E-state index is 9.04. The van der Waals surface area contributed by atoms with Crippen molar-refractivity contribution in [3.63, 3.8) is 0 Å². The second-order valence-corrected chi connectivity index (χ2v) is 1.19. The van der Waals surface area contributed by atoms with Crippen molar-refractivity contribution in [3.05, 3.63) is 0 Å². The number of hydrogen-bond acceptors (Lipinski definition) is 7. The molecule has 0 heterocycles. The topological polar surface area (TPSA) is 235 Å². The summed E-state index contributed by atoms with van der Waals surface area (Å²) >= 11 is 0.750. The summed E-state index contributed by atoms with van der Waals surface area (Å²) in [4.78, 5) is 36.1. The van der Waals surface area contributed by atoms with E-state index in [9.17, 15) is 0 Å². The molecule has 0 aliphatic rings. The summed E-state index contributed by atoms with van der Waals surface area (Å²) in [5.74, 6) is -8.02. The summed E-state index contributed by atoms with van der Waals surface area (Å²) in [5, 5.41) is 32.6. The normalized spacial score (nSPS) is 5.06. The standard InChI is InChI=1S/2C2H2O4.2K.2H2O.O.Ti/c2*3-1(4)2(5)6;;;;;;/h2*(H,3,4)(H,5,6);;;2*1H2;;/q;;2*+1;;;;/p-2. The van der Waals surface area contributed by atoms with Gasteiger partial charge >= 0.3 is 138 Å². The molecular formula is C4H6K2O11Ti. The van der Waals surface area contributed by atoms with Gasteiger partial charge in [0.2, 0.25) is 0 Å². The first-order valence-electron chi connectivity index (χ1n) is 2.38. The molecule has 0 spiro atoms. The Morgan fingerprint density at radius 2 is 0.778 bits per heavy atom. The molecule has 94 valence electrons. The minimum absolute atomic E-state index is 0. The van der Waals surface area contributed by atoms with Crippen LogP contribution in [-0.4, -0.2) is 45.0 Å². The molecule has 0 atom stereocenters. The molecule has 0 aliphatic heterocycles. The van der Waals surface area contributed by atoms with Crippen LogP contribution in [0.2, 0.25) is 0 Å². The second-order valence-electron chi connectivity index (χ2n) is 1.19. The molecular weight excluding hydrogens is 350 g/mol. The van der Waals surface area contributed by atoms with Gasteiger partial charge in [-0.15, -0.1) is 0 Å². The van der Waals surface area contributed by atoms with Gasteiger partial charge < -0.3 is 41.0 Å². The number of carboxylic acid groups (broad SMARTS) is 4. The van der Waals surface area contributed by atoms with Crippen LogP contribution in [0.5, 0.6) is 0 Å². The molecule has 0 aromatic carbocycles. The third-order valence-corrected chi connectivity index (χ3v) is 0.349. The second kappa shape index (κ2) is 31.1. The Morgan fingerprint density at radius 3 is 0.778 bits per heavy atom. The van der Waals surface area contributed by atoms with E-state index in [1.807, 2.05) is 0 Å². The van der Waals surface area contributed by atoms with E-state index in [0.717, 1.165) is 20.4 Å². The van der Waals surface area contributed by atoms with E-state index in [1.54, 1.807) is 0 Å². The Balaban J connectivity index is -0.0000000197. The number of rotatable bonds is 0. The fourth-order valence-corrected chi connectivity index (χ4v) is 0. The van der Waals surface area contributed by atoms with Crippen molar-refractivity contribution in [2.45, 2.75) is 0 Å². The van der Waals surface area contributed by atoms with Gasteiger partial charge in [-0.05, 0) is 0 Å². The van der Waals surface area contributed by atoms with E-state index < -0.39 is 23.9 Å². The summed E-state index contributed by atoms with van der Waals surface area (Å²) in [6, 6.07) is 0. The zero-order valence-corrected chi connectivity index (χ0v) is 17.1. The van der Waals surface area contributed by atoms with Crippen LogP contribution >= 0.6 is 0 Å². The van der Waals surface area contributed by atoms with Crippen LogP contribution in [0.3, 0.4) is 0 Å². The van der Waals surface area contributed by atoms with Crippen molar-refractivity contribution in [2.75, 3.05) is 0 Å². The monoisotopic (exact) mass is 356 g/mol. The van der Waals surface area contributed by atoms with Crippen molar-refractivity contribution >= 4 is 23.9 Å². The van der Waals surface area contributed by atoms with Gasteiger partial charge in [-0.25, -0.2) is 9.59 Å². The molecule has 11 nitrogen and oxygen atoms in total. The Labute approximate surface area is 196 Å². The Hall–Kier alpha value is 1.59. The van der Waals surface area contributed by atoms with Crippen LogP contribution in [-0.2, 0) is 42.9 Å². The minimum atomic E-state index is -2.07. The quantitative estimate of drug-likeness (QED) is 0.309.